The number of hydrogen-bond donors (Lipinski definition) is 3. The fraction of sp³-hybridized carbons (Fsp3) is 0.857. The summed E-state index contributed by atoms with van der Waals surface area (Å²) >= 11 is 0. The molecule has 1 rings (SSSR count). The standard InChI is InChI=1S/C14H26N2O4/c1-11(5-6-13(18)19)7-8-15-14(20)16(9-10-17)12-3-2-4-12/h11-12,17H,2-10H2,1H3,(H,15,20)(H,18,19). The van der Waals surface area contributed by atoms with Gasteiger partial charge >= 0.3 is 12.0 Å². The number of carbonyl (C=O) groups is 2. The van der Waals surface area contributed by atoms with Crippen molar-refractivity contribution in [1.82, 2.24) is 10.2 Å². The maximum Gasteiger partial charge on any atom is 0.317 e. The van der Waals surface area contributed by atoms with Crippen LogP contribution in [0.2, 0.25) is 0 Å². The van der Waals surface area contributed by atoms with E-state index in [0.717, 1.165) is 25.7 Å². The van der Waals surface area contributed by atoms with Crippen molar-refractivity contribution in [1.29, 1.82) is 0 Å². The predicted octanol–water partition coefficient (Wildman–Crippen LogP) is 1.43. The summed E-state index contributed by atoms with van der Waals surface area (Å²) < 4.78 is 0. The molecule has 2 amide bonds. The van der Waals surface area contributed by atoms with Crippen molar-refractivity contribution in [3.8, 4) is 0 Å². The highest BCUT2D eigenvalue weighted by Crippen LogP contribution is 2.24. The van der Waals surface area contributed by atoms with Crippen molar-refractivity contribution >= 4 is 12.0 Å². The lowest BCUT2D eigenvalue weighted by molar-refractivity contribution is -0.137. The Hall–Kier alpha value is -1.30. The minimum Gasteiger partial charge on any atom is -0.481 e. The van der Waals surface area contributed by atoms with Crippen LogP contribution < -0.4 is 5.32 Å². The van der Waals surface area contributed by atoms with Gasteiger partial charge in [0.15, 0.2) is 0 Å². The van der Waals surface area contributed by atoms with E-state index in [-0.39, 0.29) is 31.0 Å². The molecule has 116 valence electrons. The smallest absolute Gasteiger partial charge is 0.317 e. The van der Waals surface area contributed by atoms with Gasteiger partial charge in [0.25, 0.3) is 0 Å². The van der Waals surface area contributed by atoms with Crippen molar-refractivity contribution < 1.29 is 19.8 Å². The molecule has 0 bridgehead atoms. The van der Waals surface area contributed by atoms with E-state index >= 15 is 0 Å². The summed E-state index contributed by atoms with van der Waals surface area (Å²) in [5, 5.41) is 20.5. The van der Waals surface area contributed by atoms with Crippen LogP contribution in [0.1, 0.15) is 45.4 Å². The predicted molar refractivity (Wildman–Crippen MR) is 75.5 cm³/mol. The molecule has 0 radical (unpaired) electrons. The number of aliphatic hydroxyl groups is 1. The van der Waals surface area contributed by atoms with Crippen LogP contribution in [0.25, 0.3) is 0 Å². The largest absolute Gasteiger partial charge is 0.481 e. The van der Waals surface area contributed by atoms with E-state index in [4.69, 9.17) is 10.2 Å². The van der Waals surface area contributed by atoms with Gasteiger partial charge < -0.3 is 20.4 Å². The number of carbonyl (C=O) groups excluding carboxylic acids is 1. The molecule has 1 aliphatic carbocycles. The molecule has 0 aromatic rings. The Balaban J connectivity index is 2.21. The Labute approximate surface area is 120 Å². The summed E-state index contributed by atoms with van der Waals surface area (Å²) in [7, 11) is 0. The Morgan fingerprint density at radius 3 is 2.55 bits per heavy atom. The number of nitrogens with one attached hydrogen (secondary N) is 1. The summed E-state index contributed by atoms with van der Waals surface area (Å²) in [4.78, 5) is 24.2. The number of carboxylic acid groups (broad SMARTS) is 1. The number of nitrogens with zero attached hydrogens (tertiary/aromatic N) is 1. The first-order valence-electron chi connectivity index (χ1n) is 7.41. The quantitative estimate of drug-likeness (QED) is 0.598. The van der Waals surface area contributed by atoms with Gasteiger partial charge in [0.1, 0.15) is 0 Å². The highest BCUT2D eigenvalue weighted by Gasteiger charge is 2.28. The van der Waals surface area contributed by atoms with Crippen molar-refractivity contribution in [2.45, 2.75) is 51.5 Å². The highest BCUT2D eigenvalue weighted by molar-refractivity contribution is 5.74. The van der Waals surface area contributed by atoms with Crippen LogP contribution >= 0.6 is 0 Å². The maximum absolute atomic E-state index is 12.0. The van der Waals surface area contributed by atoms with Crippen molar-refractivity contribution in [3.63, 3.8) is 0 Å². The van der Waals surface area contributed by atoms with Crippen LogP contribution in [0.4, 0.5) is 4.79 Å². The lowest BCUT2D eigenvalue weighted by Gasteiger charge is -2.37. The number of hydrogen-bond acceptors (Lipinski definition) is 3. The lowest BCUT2D eigenvalue weighted by Crippen LogP contribution is -2.50. The first-order chi connectivity index (χ1) is 9.54. The van der Waals surface area contributed by atoms with E-state index in [2.05, 4.69) is 5.32 Å². The second-order valence-corrected chi connectivity index (χ2v) is 5.56. The zero-order valence-corrected chi connectivity index (χ0v) is 12.2. The molecule has 1 atom stereocenters. The van der Waals surface area contributed by atoms with Gasteiger partial charge in [-0.2, -0.15) is 0 Å². The topological polar surface area (TPSA) is 89.9 Å². The normalized spacial score (nSPS) is 16.3. The van der Waals surface area contributed by atoms with Crippen LogP contribution in [0.3, 0.4) is 0 Å². The van der Waals surface area contributed by atoms with E-state index in [1.165, 1.54) is 0 Å². The molecule has 6 heteroatoms. The van der Waals surface area contributed by atoms with Gasteiger partial charge in [0, 0.05) is 25.6 Å². The Kier molecular flexibility index (Phi) is 7.36. The number of amides is 2. The Morgan fingerprint density at radius 2 is 2.05 bits per heavy atom. The van der Waals surface area contributed by atoms with Crippen molar-refractivity contribution in [2.75, 3.05) is 19.7 Å². The SMILES string of the molecule is CC(CCNC(=O)N(CCO)C1CCC1)CCC(=O)O. The molecule has 1 aliphatic rings. The van der Waals surface area contributed by atoms with Crippen LogP contribution in [0, 0.1) is 5.92 Å². The van der Waals surface area contributed by atoms with E-state index < -0.39 is 5.97 Å². The molecule has 3 N–H and O–H groups in total. The average Bonchev–Trinajstić information content (AvgIpc) is 2.33. The molecular weight excluding hydrogens is 260 g/mol. The Bertz CT molecular complexity index is 318. The summed E-state index contributed by atoms with van der Waals surface area (Å²) in [5.74, 6) is -0.499. The molecule has 1 saturated carbocycles. The van der Waals surface area contributed by atoms with E-state index in [9.17, 15) is 9.59 Å². The van der Waals surface area contributed by atoms with Crippen LogP contribution in [-0.4, -0.2) is 52.9 Å². The zero-order valence-electron chi connectivity index (χ0n) is 12.2. The first-order valence-corrected chi connectivity index (χ1v) is 7.41. The second-order valence-electron chi connectivity index (χ2n) is 5.56. The molecule has 6 nitrogen and oxygen atoms in total. The Morgan fingerprint density at radius 1 is 1.35 bits per heavy atom. The molecular formula is C14H26N2O4. The summed E-state index contributed by atoms with van der Waals surface area (Å²) in [6, 6.07) is 0.153. The van der Waals surface area contributed by atoms with E-state index in [1.807, 2.05) is 6.92 Å². The molecule has 20 heavy (non-hydrogen) atoms. The minimum atomic E-state index is -0.778. The molecule has 0 aromatic heterocycles. The monoisotopic (exact) mass is 286 g/mol. The zero-order chi connectivity index (χ0) is 15.0. The van der Waals surface area contributed by atoms with Crippen molar-refractivity contribution in [3.05, 3.63) is 0 Å². The summed E-state index contributed by atoms with van der Waals surface area (Å²) in [5.41, 5.74) is 0. The molecule has 1 fully saturated rings. The average molecular weight is 286 g/mol. The molecule has 0 spiro atoms. The van der Waals surface area contributed by atoms with Crippen LogP contribution in [-0.2, 0) is 4.79 Å². The third-order valence-electron chi connectivity index (χ3n) is 3.88. The van der Waals surface area contributed by atoms with E-state index in [0.29, 0.717) is 19.5 Å². The molecule has 0 heterocycles. The van der Waals surface area contributed by atoms with Gasteiger partial charge in [0.05, 0.1) is 6.61 Å². The summed E-state index contributed by atoms with van der Waals surface area (Å²) in [6.07, 6.45) is 4.76. The third kappa shape index (κ3) is 5.77. The van der Waals surface area contributed by atoms with Crippen molar-refractivity contribution in [2.24, 2.45) is 5.92 Å². The van der Waals surface area contributed by atoms with Crippen LogP contribution in [0.15, 0.2) is 0 Å². The van der Waals surface area contributed by atoms with Gasteiger partial charge in [-0.1, -0.05) is 6.92 Å². The number of rotatable bonds is 9. The number of aliphatic carboxylic acids is 1. The second kappa shape index (κ2) is 8.79. The lowest BCUT2D eigenvalue weighted by atomic mass is 9.92. The third-order valence-corrected chi connectivity index (χ3v) is 3.88. The van der Waals surface area contributed by atoms with E-state index in [1.54, 1.807) is 4.90 Å². The fourth-order valence-corrected chi connectivity index (χ4v) is 2.30. The molecule has 1 unspecified atom stereocenters. The molecule has 0 saturated heterocycles. The number of urea groups is 1. The van der Waals surface area contributed by atoms with Crippen LogP contribution in [0.5, 0.6) is 0 Å². The highest BCUT2D eigenvalue weighted by atomic mass is 16.4. The number of carboxylic acids is 1. The van der Waals surface area contributed by atoms with Gasteiger partial charge in [-0.25, -0.2) is 4.79 Å². The summed E-state index contributed by atoms with van der Waals surface area (Å²) in [6.45, 7) is 2.91. The molecule has 0 aromatic carbocycles. The van der Waals surface area contributed by atoms with Gasteiger partial charge in [-0.15, -0.1) is 0 Å². The maximum atomic E-state index is 12.0. The first kappa shape index (κ1) is 16.8. The van der Waals surface area contributed by atoms with Gasteiger partial charge in [0.2, 0.25) is 0 Å². The van der Waals surface area contributed by atoms with Gasteiger partial charge in [-0.05, 0) is 38.0 Å². The minimum absolute atomic E-state index is 0.0149. The fourth-order valence-electron chi connectivity index (χ4n) is 2.30. The molecule has 0 aliphatic heterocycles. The van der Waals surface area contributed by atoms with Gasteiger partial charge in [-0.3, -0.25) is 4.79 Å². The number of aliphatic hydroxyl groups excluding tert-OH is 1.